The van der Waals surface area contributed by atoms with Crippen molar-refractivity contribution in [3.05, 3.63) is 0 Å². The minimum absolute atomic E-state index is 0.0846. The van der Waals surface area contributed by atoms with E-state index >= 15 is 0 Å². The summed E-state index contributed by atoms with van der Waals surface area (Å²) < 4.78 is 5.47. The third kappa shape index (κ3) is 5.86. The molecule has 1 saturated heterocycles. The Labute approximate surface area is 101 Å². The number of hydrogen-bond donors (Lipinski definition) is 1. The molecule has 2 N–H and O–H groups in total. The zero-order valence-electron chi connectivity index (χ0n) is 11.0. The van der Waals surface area contributed by atoms with Gasteiger partial charge >= 0.3 is 0 Å². The predicted octanol–water partition coefficient (Wildman–Crippen LogP) is 3.64. The van der Waals surface area contributed by atoms with Gasteiger partial charge in [0.25, 0.3) is 0 Å². The van der Waals surface area contributed by atoms with Crippen LogP contribution in [0.4, 0.5) is 0 Å². The second-order valence-corrected chi connectivity index (χ2v) is 5.35. The molecule has 0 amide bonds. The molecule has 1 heterocycles. The second-order valence-electron chi connectivity index (χ2n) is 5.35. The first-order valence-electron chi connectivity index (χ1n) is 7.13. The van der Waals surface area contributed by atoms with Crippen molar-refractivity contribution in [2.24, 2.45) is 5.73 Å². The lowest BCUT2D eigenvalue weighted by Gasteiger charge is -2.27. The first-order chi connectivity index (χ1) is 7.77. The van der Waals surface area contributed by atoms with Crippen molar-refractivity contribution in [1.82, 2.24) is 0 Å². The average molecular weight is 227 g/mol. The number of rotatable bonds is 7. The van der Waals surface area contributed by atoms with Gasteiger partial charge in [-0.3, -0.25) is 0 Å². The molecule has 1 fully saturated rings. The Balaban J connectivity index is 2.05. The molecule has 1 rings (SSSR count). The van der Waals surface area contributed by atoms with Gasteiger partial charge in [-0.1, -0.05) is 45.4 Å². The van der Waals surface area contributed by atoms with Crippen molar-refractivity contribution in [3.8, 4) is 0 Å². The molecule has 0 aromatic heterocycles. The van der Waals surface area contributed by atoms with Gasteiger partial charge in [0, 0.05) is 18.8 Å². The molecule has 1 aliphatic heterocycles. The fourth-order valence-corrected chi connectivity index (χ4v) is 2.54. The summed E-state index contributed by atoms with van der Waals surface area (Å²) >= 11 is 0. The van der Waals surface area contributed by atoms with Gasteiger partial charge in [-0.2, -0.15) is 0 Å². The van der Waals surface area contributed by atoms with Gasteiger partial charge in [-0.15, -0.1) is 0 Å². The van der Waals surface area contributed by atoms with Crippen LogP contribution in [0, 0.1) is 0 Å². The highest BCUT2D eigenvalue weighted by Crippen LogP contribution is 2.24. The van der Waals surface area contributed by atoms with Crippen LogP contribution in [0.15, 0.2) is 0 Å². The smallest absolute Gasteiger partial charge is 0.0483 e. The summed E-state index contributed by atoms with van der Waals surface area (Å²) in [6.45, 7) is 4.04. The lowest BCUT2D eigenvalue weighted by molar-refractivity contribution is 0.138. The maximum Gasteiger partial charge on any atom is 0.0483 e. The van der Waals surface area contributed by atoms with E-state index in [0.717, 1.165) is 32.5 Å². The Bertz CT molecular complexity index is 162. The number of nitrogens with two attached hydrogens (primary N) is 1. The van der Waals surface area contributed by atoms with Gasteiger partial charge < -0.3 is 10.5 Å². The van der Waals surface area contributed by atoms with Crippen molar-refractivity contribution < 1.29 is 4.74 Å². The molecule has 16 heavy (non-hydrogen) atoms. The summed E-state index contributed by atoms with van der Waals surface area (Å²) in [4.78, 5) is 0. The molecule has 0 bridgehead atoms. The fourth-order valence-electron chi connectivity index (χ4n) is 2.54. The molecule has 1 aliphatic rings. The van der Waals surface area contributed by atoms with Crippen LogP contribution in [0.2, 0.25) is 0 Å². The van der Waals surface area contributed by atoms with E-state index in [1.54, 1.807) is 0 Å². The third-order valence-corrected chi connectivity index (χ3v) is 3.74. The number of hydrogen-bond acceptors (Lipinski definition) is 2. The molecule has 0 aromatic rings. The summed E-state index contributed by atoms with van der Waals surface area (Å²) in [6.07, 6.45) is 12.7. The summed E-state index contributed by atoms with van der Waals surface area (Å²) in [5.74, 6) is 0. The topological polar surface area (TPSA) is 35.2 Å². The van der Waals surface area contributed by atoms with Crippen LogP contribution >= 0.6 is 0 Å². The van der Waals surface area contributed by atoms with Crippen molar-refractivity contribution in [2.45, 2.75) is 76.7 Å². The molecule has 0 spiro atoms. The molecule has 1 unspecified atom stereocenters. The largest absolute Gasteiger partial charge is 0.381 e. The molecule has 0 radical (unpaired) electrons. The zero-order chi connectivity index (χ0) is 11.7. The van der Waals surface area contributed by atoms with Crippen LogP contribution in [0.1, 0.15) is 71.1 Å². The van der Waals surface area contributed by atoms with Crippen LogP contribution in [0.5, 0.6) is 0 Å². The maximum atomic E-state index is 6.42. The monoisotopic (exact) mass is 227 g/mol. The summed E-state index contributed by atoms with van der Waals surface area (Å²) in [7, 11) is 0. The average Bonchev–Trinajstić information content (AvgIpc) is 2.49. The van der Waals surface area contributed by atoms with E-state index in [-0.39, 0.29) is 5.54 Å². The van der Waals surface area contributed by atoms with Crippen molar-refractivity contribution in [3.63, 3.8) is 0 Å². The Kier molecular flexibility index (Phi) is 7.06. The highest BCUT2D eigenvalue weighted by Gasteiger charge is 2.25. The highest BCUT2D eigenvalue weighted by atomic mass is 16.5. The molecule has 2 nitrogen and oxygen atoms in total. The molecule has 0 aliphatic carbocycles. The number of ether oxygens (including phenoxy) is 1. The fraction of sp³-hybridized carbons (Fsp3) is 1.00. The Morgan fingerprint density at radius 2 is 1.75 bits per heavy atom. The van der Waals surface area contributed by atoms with Gasteiger partial charge in [-0.25, -0.2) is 0 Å². The third-order valence-electron chi connectivity index (χ3n) is 3.74. The van der Waals surface area contributed by atoms with Gasteiger partial charge in [0.2, 0.25) is 0 Å². The SMILES string of the molecule is CCCCCCCCC1(N)CCCOCC1. The first kappa shape index (κ1) is 14.0. The lowest BCUT2D eigenvalue weighted by Crippen LogP contribution is -2.39. The van der Waals surface area contributed by atoms with Gasteiger partial charge in [0.05, 0.1) is 0 Å². The molecular formula is C14H29NO. The van der Waals surface area contributed by atoms with Gasteiger partial charge in [0.1, 0.15) is 0 Å². The minimum atomic E-state index is 0.0846. The van der Waals surface area contributed by atoms with E-state index in [2.05, 4.69) is 6.92 Å². The van der Waals surface area contributed by atoms with E-state index in [1.807, 2.05) is 0 Å². The number of unbranched alkanes of at least 4 members (excludes halogenated alkanes) is 5. The Morgan fingerprint density at radius 3 is 2.56 bits per heavy atom. The van der Waals surface area contributed by atoms with Crippen LogP contribution in [0.3, 0.4) is 0 Å². The van der Waals surface area contributed by atoms with Crippen LogP contribution < -0.4 is 5.73 Å². The normalized spacial score (nSPS) is 26.6. The zero-order valence-corrected chi connectivity index (χ0v) is 11.0. The van der Waals surface area contributed by atoms with E-state index in [4.69, 9.17) is 10.5 Å². The van der Waals surface area contributed by atoms with E-state index in [9.17, 15) is 0 Å². The van der Waals surface area contributed by atoms with Crippen molar-refractivity contribution in [1.29, 1.82) is 0 Å². The van der Waals surface area contributed by atoms with Crippen LogP contribution in [-0.2, 0) is 4.74 Å². The standard InChI is InChI=1S/C14H29NO/c1-2-3-4-5-6-7-9-14(15)10-8-12-16-13-11-14/h2-13,15H2,1H3. The Hall–Kier alpha value is -0.0800. The quantitative estimate of drug-likeness (QED) is 0.674. The van der Waals surface area contributed by atoms with Crippen molar-refractivity contribution >= 4 is 0 Å². The predicted molar refractivity (Wildman–Crippen MR) is 69.6 cm³/mol. The molecule has 0 aromatic carbocycles. The van der Waals surface area contributed by atoms with Gasteiger partial charge in [-0.05, 0) is 25.7 Å². The highest BCUT2D eigenvalue weighted by molar-refractivity contribution is 4.85. The van der Waals surface area contributed by atoms with E-state index < -0.39 is 0 Å². The summed E-state index contributed by atoms with van der Waals surface area (Å²) in [6, 6.07) is 0. The molecule has 2 heteroatoms. The minimum Gasteiger partial charge on any atom is -0.381 e. The second kappa shape index (κ2) is 8.08. The van der Waals surface area contributed by atoms with Gasteiger partial charge in [0.15, 0.2) is 0 Å². The van der Waals surface area contributed by atoms with Crippen LogP contribution in [0.25, 0.3) is 0 Å². The Morgan fingerprint density at radius 1 is 1.00 bits per heavy atom. The first-order valence-corrected chi connectivity index (χ1v) is 7.13. The lowest BCUT2D eigenvalue weighted by atomic mass is 9.86. The molecule has 96 valence electrons. The summed E-state index contributed by atoms with van der Waals surface area (Å²) in [5.41, 5.74) is 6.50. The summed E-state index contributed by atoms with van der Waals surface area (Å²) in [5, 5.41) is 0. The maximum absolute atomic E-state index is 6.42. The molecule has 1 atom stereocenters. The van der Waals surface area contributed by atoms with E-state index in [0.29, 0.717) is 0 Å². The molecule has 0 saturated carbocycles. The molecular weight excluding hydrogens is 198 g/mol. The van der Waals surface area contributed by atoms with E-state index in [1.165, 1.54) is 44.9 Å². The van der Waals surface area contributed by atoms with Crippen LogP contribution in [-0.4, -0.2) is 18.8 Å². The van der Waals surface area contributed by atoms with Crippen molar-refractivity contribution in [2.75, 3.05) is 13.2 Å².